The molecular formula is C30H45FN2O7. The predicted molar refractivity (Wildman–Crippen MR) is 151 cm³/mol. The van der Waals surface area contributed by atoms with Gasteiger partial charge in [0.15, 0.2) is 11.8 Å². The van der Waals surface area contributed by atoms with Crippen molar-refractivity contribution >= 4 is 0 Å². The van der Waals surface area contributed by atoms with Gasteiger partial charge in [0.25, 0.3) is 5.56 Å². The van der Waals surface area contributed by atoms with Gasteiger partial charge in [0, 0.05) is 32.1 Å². The lowest BCUT2D eigenvalue weighted by atomic mass is 9.94. The Balaban J connectivity index is 2.03. The molecule has 0 bridgehead atoms. The number of hydrogen-bond donors (Lipinski definition) is 0. The van der Waals surface area contributed by atoms with E-state index in [9.17, 15) is 9.59 Å². The van der Waals surface area contributed by atoms with Gasteiger partial charge in [-0.15, -0.1) is 0 Å². The average Bonchev–Trinajstić information content (AvgIpc) is 3.27. The fourth-order valence-corrected chi connectivity index (χ4v) is 4.79. The molecule has 10 heteroatoms. The fraction of sp³-hybridized carbons (Fsp3) is 0.667. The molecule has 9 nitrogen and oxygen atoms in total. The lowest BCUT2D eigenvalue weighted by molar-refractivity contribution is -0.173. The smallest absolute Gasteiger partial charge is 0.333 e. The third kappa shape index (κ3) is 7.60. The molecule has 0 spiro atoms. The van der Waals surface area contributed by atoms with E-state index >= 15 is 4.39 Å². The highest BCUT2D eigenvalue weighted by atomic mass is 19.1. The van der Waals surface area contributed by atoms with Crippen molar-refractivity contribution in [2.75, 3.05) is 40.2 Å². The first kappa shape index (κ1) is 32.0. The summed E-state index contributed by atoms with van der Waals surface area (Å²) in [7, 11) is 1.57. The molecule has 4 atom stereocenters. The van der Waals surface area contributed by atoms with E-state index in [1.807, 2.05) is 6.92 Å². The van der Waals surface area contributed by atoms with Gasteiger partial charge in [-0.1, -0.05) is 52.2 Å². The van der Waals surface area contributed by atoms with Gasteiger partial charge >= 0.3 is 5.69 Å². The summed E-state index contributed by atoms with van der Waals surface area (Å²) in [6.45, 7) is 6.63. The van der Waals surface area contributed by atoms with Crippen LogP contribution in [0.25, 0.3) is 0 Å². The van der Waals surface area contributed by atoms with Crippen LogP contribution in [0.4, 0.5) is 4.39 Å². The first-order valence-electron chi connectivity index (χ1n) is 14.4. The van der Waals surface area contributed by atoms with Crippen LogP contribution in [-0.2, 0) is 25.5 Å². The minimum Gasteiger partial charge on any atom is -0.497 e. The summed E-state index contributed by atoms with van der Waals surface area (Å²) in [6, 6.07) is 8.39. The van der Waals surface area contributed by atoms with Crippen LogP contribution in [0, 0.1) is 0 Å². The van der Waals surface area contributed by atoms with E-state index < -0.39 is 42.0 Å². The van der Waals surface area contributed by atoms with Gasteiger partial charge in [0.1, 0.15) is 24.6 Å². The van der Waals surface area contributed by atoms with Gasteiger partial charge in [-0.2, -0.15) is 0 Å². The largest absolute Gasteiger partial charge is 0.497 e. The Hall–Kier alpha value is -2.53. The first-order chi connectivity index (χ1) is 19.4. The van der Waals surface area contributed by atoms with E-state index in [0.717, 1.165) is 42.2 Å². The number of aromatic nitrogens is 2. The van der Waals surface area contributed by atoms with Gasteiger partial charge in [0.05, 0.1) is 20.3 Å². The van der Waals surface area contributed by atoms with Crippen molar-refractivity contribution in [1.29, 1.82) is 0 Å². The molecule has 1 aromatic carbocycles. The molecule has 1 aliphatic heterocycles. The molecule has 0 saturated carbocycles. The monoisotopic (exact) mass is 564 g/mol. The van der Waals surface area contributed by atoms with Crippen molar-refractivity contribution in [1.82, 2.24) is 9.13 Å². The number of alkyl halides is 1. The summed E-state index contributed by atoms with van der Waals surface area (Å²) in [5, 5.41) is 0. The molecule has 224 valence electrons. The van der Waals surface area contributed by atoms with Crippen LogP contribution in [-0.4, -0.2) is 67.2 Å². The summed E-state index contributed by atoms with van der Waals surface area (Å²) < 4.78 is 47.7. The summed E-state index contributed by atoms with van der Waals surface area (Å²) in [5.41, 5.74) is -1.94. The van der Waals surface area contributed by atoms with Crippen LogP contribution < -0.4 is 16.0 Å². The molecule has 1 aromatic heterocycles. The van der Waals surface area contributed by atoms with Crippen molar-refractivity contribution in [3.8, 4) is 5.75 Å². The number of methoxy groups -OCH3 is 1. The molecule has 2 heterocycles. The number of nitrogens with zero attached hydrogens (tertiary/aromatic N) is 2. The molecular weight excluding hydrogens is 519 g/mol. The lowest BCUT2D eigenvalue weighted by Gasteiger charge is -2.36. The SMILES string of the molecule is CCCCOC[C@H]1O[C@@H](n2ccc(=O)n(Cc3ccc(OC)cc3)c2=O)[C@](CF)(OCCCC)[C@@H]1OCCCC. The molecule has 0 aliphatic carbocycles. The second kappa shape index (κ2) is 16.0. The Kier molecular flexibility index (Phi) is 12.8. The van der Waals surface area contributed by atoms with Crippen LogP contribution in [0.3, 0.4) is 0 Å². The quantitative estimate of drug-likeness (QED) is 0.247. The minimum atomic E-state index is -1.59. The third-order valence-electron chi connectivity index (χ3n) is 7.19. The highest BCUT2D eigenvalue weighted by molar-refractivity contribution is 5.27. The van der Waals surface area contributed by atoms with Gasteiger partial charge in [-0.05, 0) is 37.0 Å². The number of benzene rings is 1. The molecule has 1 aliphatic rings. The molecule has 0 N–H and O–H groups in total. The molecule has 0 amide bonds. The molecule has 1 fully saturated rings. The highest BCUT2D eigenvalue weighted by Gasteiger charge is 2.60. The van der Waals surface area contributed by atoms with Crippen LogP contribution in [0.2, 0.25) is 0 Å². The summed E-state index contributed by atoms with van der Waals surface area (Å²) in [5.74, 6) is 0.666. The average molecular weight is 565 g/mol. The maximum atomic E-state index is 15.3. The Morgan fingerprint density at radius 2 is 1.62 bits per heavy atom. The van der Waals surface area contributed by atoms with Crippen molar-refractivity contribution in [3.63, 3.8) is 0 Å². The van der Waals surface area contributed by atoms with Crippen LogP contribution in [0.1, 0.15) is 71.1 Å². The zero-order valence-corrected chi connectivity index (χ0v) is 24.3. The molecule has 40 heavy (non-hydrogen) atoms. The van der Waals surface area contributed by atoms with Crippen LogP contribution in [0.15, 0.2) is 46.1 Å². The lowest BCUT2D eigenvalue weighted by Crippen LogP contribution is -2.55. The van der Waals surface area contributed by atoms with Gasteiger partial charge in [-0.25, -0.2) is 9.18 Å². The van der Waals surface area contributed by atoms with Gasteiger partial charge < -0.3 is 23.7 Å². The number of hydrogen-bond acceptors (Lipinski definition) is 7. The fourth-order valence-electron chi connectivity index (χ4n) is 4.79. The molecule has 3 rings (SSSR count). The topological polar surface area (TPSA) is 90.2 Å². The maximum absolute atomic E-state index is 15.3. The van der Waals surface area contributed by atoms with E-state index in [0.29, 0.717) is 25.4 Å². The van der Waals surface area contributed by atoms with Crippen molar-refractivity contribution < 1.29 is 28.1 Å². The number of ether oxygens (including phenoxy) is 5. The standard InChI is InChI=1S/C30H45FN2O7/c1-5-8-17-37-21-25-27(38-18-9-6-2)30(22-31,39-19-10-7-3)28(40-25)32-16-15-26(34)33(29(32)35)20-23-11-13-24(36-4)14-12-23/h11-16,25,27-28H,5-10,17-22H2,1-4H3/t25-,27-,28-,30-/m1/s1. The first-order valence-corrected chi connectivity index (χ1v) is 14.4. The second-order valence-electron chi connectivity index (χ2n) is 10.2. The summed E-state index contributed by atoms with van der Waals surface area (Å²) in [4.78, 5) is 26.6. The van der Waals surface area contributed by atoms with Crippen LogP contribution in [0.5, 0.6) is 5.75 Å². The zero-order chi connectivity index (χ0) is 29.0. The molecule has 0 unspecified atom stereocenters. The highest BCUT2D eigenvalue weighted by Crippen LogP contribution is 2.43. The number of halogens is 1. The van der Waals surface area contributed by atoms with Crippen molar-refractivity contribution in [2.45, 2.75) is 89.9 Å². The van der Waals surface area contributed by atoms with E-state index in [-0.39, 0.29) is 19.8 Å². The molecule has 0 radical (unpaired) electrons. The third-order valence-corrected chi connectivity index (χ3v) is 7.19. The van der Waals surface area contributed by atoms with E-state index in [1.165, 1.54) is 16.8 Å². The Morgan fingerprint density at radius 1 is 0.950 bits per heavy atom. The van der Waals surface area contributed by atoms with Gasteiger partial charge in [0.2, 0.25) is 0 Å². The number of rotatable bonds is 18. The van der Waals surface area contributed by atoms with Gasteiger partial charge in [-0.3, -0.25) is 13.9 Å². The van der Waals surface area contributed by atoms with Crippen molar-refractivity contribution in [2.24, 2.45) is 0 Å². The summed E-state index contributed by atoms with van der Waals surface area (Å²) in [6.07, 6.45) is 3.85. The Labute approximate surface area is 236 Å². The Bertz CT molecular complexity index is 1140. The normalized spacial score (nSPS) is 22.6. The van der Waals surface area contributed by atoms with Crippen molar-refractivity contribution in [3.05, 3.63) is 62.9 Å². The molecule has 1 saturated heterocycles. The zero-order valence-electron chi connectivity index (χ0n) is 24.3. The number of unbranched alkanes of at least 4 members (excludes halogenated alkanes) is 3. The summed E-state index contributed by atoms with van der Waals surface area (Å²) >= 11 is 0. The predicted octanol–water partition coefficient (Wildman–Crippen LogP) is 4.49. The maximum Gasteiger partial charge on any atom is 0.333 e. The van der Waals surface area contributed by atoms with E-state index in [2.05, 4.69) is 13.8 Å². The second-order valence-corrected chi connectivity index (χ2v) is 10.2. The Morgan fingerprint density at radius 3 is 2.27 bits per heavy atom. The van der Waals surface area contributed by atoms with Crippen LogP contribution >= 0.6 is 0 Å². The van der Waals surface area contributed by atoms with E-state index in [4.69, 9.17) is 23.7 Å². The van der Waals surface area contributed by atoms with E-state index in [1.54, 1.807) is 31.4 Å². The molecule has 2 aromatic rings. The minimum absolute atomic E-state index is 0.0362.